The Balaban J connectivity index is 1.25. The Kier molecular flexibility index (Phi) is 7.19. The van der Waals surface area contributed by atoms with E-state index >= 15 is 0 Å². The van der Waals surface area contributed by atoms with E-state index in [1.165, 1.54) is 0 Å². The number of piperazine rings is 1. The molecule has 2 aliphatic rings. The maximum absolute atomic E-state index is 14.6. The zero-order valence-electron chi connectivity index (χ0n) is 24.2. The molecule has 2 aliphatic heterocycles. The van der Waals surface area contributed by atoms with Crippen molar-refractivity contribution in [1.82, 2.24) is 15.2 Å². The lowest BCUT2D eigenvalue weighted by Crippen LogP contribution is -2.73. The molecule has 2 N–H and O–H groups in total. The fourth-order valence-corrected chi connectivity index (χ4v) is 7.03. The summed E-state index contributed by atoms with van der Waals surface area (Å²) in [6.07, 6.45) is 3.57. The van der Waals surface area contributed by atoms with E-state index in [1.54, 1.807) is 0 Å². The van der Waals surface area contributed by atoms with Crippen molar-refractivity contribution in [1.29, 1.82) is 0 Å². The van der Waals surface area contributed by atoms with Crippen LogP contribution in [-0.4, -0.2) is 52.9 Å². The number of benzene rings is 4. The van der Waals surface area contributed by atoms with Crippen LogP contribution in [0.5, 0.6) is 0 Å². The lowest BCUT2D eigenvalue weighted by molar-refractivity contribution is -0.159. The third-order valence-corrected chi connectivity index (χ3v) is 9.39. The van der Waals surface area contributed by atoms with Crippen molar-refractivity contribution in [2.75, 3.05) is 24.5 Å². The molecule has 4 aromatic carbocycles. The molecular formula is C37H36N4O2. The fourth-order valence-electron chi connectivity index (χ4n) is 7.03. The van der Waals surface area contributed by atoms with Crippen LogP contribution in [-0.2, 0) is 16.0 Å². The minimum atomic E-state index is -0.902. The first-order valence-corrected chi connectivity index (χ1v) is 15.2. The lowest BCUT2D eigenvalue weighted by atomic mass is 9.79. The van der Waals surface area contributed by atoms with Crippen molar-refractivity contribution in [2.45, 2.75) is 36.8 Å². The largest absolute Gasteiger partial charge is 0.371 e. The summed E-state index contributed by atoms with van der Waals surface area (Å²) in [6, 6.07) is 38.5. The third kappa shape index (κ3) is 5.07. The third-order valence-electron chi connectivity index (χ3n) is 9.39. The number of hydrogen-bond donors (Lipinski definition) is 2. The monoisotopic (exact) mass is 568 g/mol. The molecule has 1 atom stereocenters. The quantitative estimate of drug-likeness (QED) is 0.257. The number of rotatable bonds is 7. The predicted molar refractivity (Wildman–Crippen MR) is 171 cm³/mol. The zero-order chi connectivity index (χ0) is 29.2. The van der Waals surface area contributed by atoms with Crippen LogP contribution in [0.1, 0.15) is 35.4 Å². The summed E-state index contributed by atoms with van der Waals surface area (Å²) in [6.45, 7) is 1.85. The van der Waals surface area contributed by atoms with Crippen LogP contribution in [0.4, 0.5) is 5.69 Å². The number of piperidine rings is 1. The number of para-hydroxylation sites is 2. The summed E-state index contributed by atoms with van der Waals surface area (Å²) in [5, 5.41) is 4.29. The van der Waals surface area contributed by atoms with Gasteiger partial charge < -0.3 is 20.1 Å². The number of fused-ring (bicyclic) bond motifs is 1. The van der Waals surface area contributed by atoms with Gasteiger partial charge >= 0.3 is 0 Å². The first-order valence-electron chi connectivity index (χ1n) is 15.2. The molecule has 0 aliphatic carbocycles. The Hall–Kier alpha value is -4.84. The van der Waals surface area contributed by atoms with Gasteiger partial charge in [-0.25, -0.2) is 0 Å². The Morgan fingerprint density at radius 1 is 0.744 bits per heavy atom. The average Bonchev–Trinajstić information content (AvgIpc) is 3.48. The molecule has 2 saturated heterocycles. The van der Waals surface area contributed by atoms with Gasteiger partial charge in [-0.05, 0) is 47.7 Å². The maximum atomic E-state index is 14.6. The molecule has 1 spiro atoms. The van der Waals surface area contributed by atoms with Crippen LogP contribution in [0.2, 0.25) is 0 Å². The number of anilines is 1. The Morgan fingerprint density at radius 3 is 1.98 bits per heavy atom. The number of nitrogens with one attached hydrogen (secondary N) is 2. The van der Waals surface area contributed by atoms with Gasteiger partial charge in [-0.15, -0.1) is 0 Å². The maximum Gasteiger partial charge on any atom is 0.246 e. The van der Waals surface area contributed by atoms with Crippen molar-refractivity contribution < 1.29 is 9.59 Å². The number of H-pyrrole nitrogens is 1. The standard InChI is InChI=1S/C37H36N4O2/c42-35-34(24-29-25-38-33-19-11-10-18-31(29)33)39-36(43)37(20-22-40(23-21-37)30-16-8-3-9-17-30)41(35)26-32(27-12-4-1-5-13-27)28-14-6-2-7-15-28/h1-19,25,32,34,38H,20-24,26H2,(H,39,43). The highest BCUT2D eigenvalue weighted by Gasteiger charge is 2.54. The van der Waals surface area contributed by atoms with Crippen LogP contribution >= 0.6 is 0 Å². The zero-order valence-corrected chi connectivity index (χ0v) is 24.2. The Morgan fingerprint density at radius 2 is 1.33 bits per heavy atom. The number of carbonyl (C=O) groups excluding carboxylic acids is 2. The van der Waals surface area contributed by atoms with Crippen molar-refractivity contribution >= 4 is 28.4 Å². The van der Waals surface area contributed by atoms with Crippen molar-refractivity contribution in [3.05, 3.63) is 138 Å². The second kappa shape index (κ2) is 11.4. The van der Waals surface area contributed by atoms with Gasteiger partial charge in [-0.2, -0.15) is 0 Å². The highest BCUT2D eigenvalue weighted by molar-refractivity contribution is 6.00. The second-order valence-electron chi connectivity index (χ2n) is 11.8. The molecule has 1 unspecified atom stereocenters. The van der Waals surface area contributed by atoms with Crippen LogP contribution in [0.25, 0.3) is 10.9 Å². The van der Waals surface area contributed by atoms with E-state index in [9.17, 15) is 9.59 Å². The topological polar surface area (TPSA) is 68.4 Å². The minimum Gasteiger partial charge on any atom is -0.371 e. The van der Waals surface area contributed by atoms with Gasteiger partial charge in [0.15, 0.2) is 0 Å². The molecule has 0 radical (unpaired) electrons. The van der Waals surface area contributed by atoms with Gasteiger partial charge in [0, 0.05) is 54.8 Å². The summed E-state index contributed by atoms with van der Waals surface area (Å²) in [7, 11) is 0. The van der Waals surface area contributed by atoms with Gasteiger partial charge in [-0.1, -0.05) is 97.1 Å². The molecule has 43 heavy (non-hydrogen) atoms. The number of nitrogens with zero attached hydrogens (tertiary/aromatic N) is 2. The number of amides is 2. The summed E-state index contributed by atoms with van der Waals surface area (Å²) in [5.41, 5.74) is 4.58. The second-order valence-corrected chi connectivity index (χ2v) is 11.8. The highest BCUT2D eigenvalue weighted by Crippen LogP contribution is 2.38. The van der Waals surface area contributed by atoms with E-state index < -0.39 is 11.6 Å². The Labute approximate surface area is 252 Å². The molecule has 7 rings (SSSR count). The molecule has 0 saturated carbocycles. The summed E-state index contributed by atoms with van der Waals surface area (Å²) in [5.74, 6) is -0.102. The smallest absolute Gasteiger partial charge is 0.246 e. The number of aromatic amines is 1. The van der Waals surface area contributed by atoms with Gasteiger partial charge in [0.1, 0.15) is 11.6 Å². The highest BCUT2D eigenvalue weighted by atomic mass is 16.2. The lowest BCUT2D eigenvalue weighted by Gasteiger charge is -2.52. The van der Waals surface area contributed by atoms with Gasteiger partial charge in [-0.3, -0.25) is 9.59 Å². The predicted octanol–water partition coefficient (Wildman–Crippen LogP) is 5.91. The molecule has 6 heteroatoms. The summed E-state index contributed by atoms with van der Waals surface area (Å²) >= 11 is 0. The molecule has 216 valence electrons. The van der Waals surface area contributed by atoms with E-state index in [-0.39, 0.29) is 17.7 Å². The molecule has 3 heterocycles. The molecule has 2 amide bonds. The molecule has 2 fully saturated rings. The van der Waals surface area contributed by atoms with E-state index in [0.717, 1.165) is 33.3 Å². The molecule has 5 aromatic rings. The minimum absolute atomic E-state index is 0.00472. The number of aromatic nitrogens is 1. The van der Waals surface area contributed by atoms with E-state index in [0.29, 0.717) is 38.9 Å². The summed E-state index contributed by atoms with van der Waals surface area (Å²) in [4.78, 5) is 36.5. The number of hydrogen-bond acceptors (Lipinski definition) is 3. The van der Waals surface area contributed by atoms with Gasteiger partial charge in [0.05, 0.1) is 0 Å². The molecule has 6 nitrogen and oxygen atoms in total. The van der Waals surface area contributed by atoms with Crippen LogP contribution in [0, 0.1) is 0 Å². The van der Waals surface area contributed by atoms with Crippen LogP contribution < -0.4 is 10.2 Å². The number of carbonyl (C=O) groups is 2. The van der Waals surface area contributed by atoms with Gasteiger partial charge in [0.2, 0.25) is 11.8 Å². The van der Waals surface area contributed by atoms with Crippen molar-refractivity contribution in [2.24, 2.45) is 0 Å². The van der Waals surface area contributed by atoms with Crippen molar-refractivity contribution in [3.63, 3.8) is 0 Å². The fraction of sp³-hybridized carbons (Fsp3) is 0.243. The molecular weight excluding hydrogens is 532 g/mol. The molecule has 1 aromatic heterocycles. The van der Waals surface area contributed by atoms with E-state index in [1.807, 2.05) is 83.9 Å². The average molecular weight is 569 g/mol. The van der Waals surface area contributed by atoms with Crippen LogP contribution in [0.3, 0.4) is 0 Å². The van der Waals surface area contributed by atoms with E-state index in [2.05, 4.69) is 57.7 Å². The first kappa shape index (κ1) is 27.0. The normalized spacial score (nSPS) is 18.4. The first-order chi connectivity index (χ1) is 21.1. The molecule has 0 bridgehead atoms. The van der Waals surface area contributed by atoms with Gasteiger partial charge in [0.25, 0.3) is 0 Å². The van der Waals surface area contributed by atoms with Crippen molar-refractivity contribution in [3.8, 4) is 0 Å². The van der Waals surface area contributed by atoms with E-state index in [4.69, 9.17) is 0 Å². The Bertz CT molecular complexity index is 1670. The SMILES string of the molecule is O=C1C(Cc2c[nH]c3ccccc23)NC(=O)C2(CCN(c3ccccc3)CC2)N1CC(c1ccccc1)c1ccccc1. The summed E-state index contributed by atoms with van der Waals surface area (Å²) < 4.78 is 0. The van der Waals surface area contributed by atoms with Crippen LogP contribution in [0.15, 0.2) is 121 Å².